The van der Waals surface area contributed by atoms with Crippen LogP contribution in [0, 0.1) is 12.8 Å². The molecule has 11 nitrogen and oxygen atoms in total. The molecule has 0 aliphatic rings. The summed E-state index contributed by atoms with van der Waals surface area (Å²) in [7, 11) is 1.50. The number of hydrogen-bond donors (Lipinski definition) is 4. The van der Waals surface area contributed by atoms with E-state index >= 15 is 0 Å². The number of carbonyl (C=O) groups excluding carboxylic acids is 3. The van der Waals surface area contributed by atoms with Crippen molar-refractivity contribution in [1.29, 1.82) is 0 Å². The Morgan fingerprint density at radius 3 is 2.20 bits per heavy atom. The minimum absolute atomic E-state index is 0.0505. The smallest absolute Gasteiger partial charge is 0.323 e. The summed E-state index contributed by atoms with van der Waals surface area (Å²) in [6, 6.07) is 11.9. The number of carbonyl (C=O) groups is 4. The lowest BCUT2D eigenvalue weighted by Crippen LogP contribution is -2.42. The minimum atomic E-state index is -0.968. The fourth-order valence-electron chi connectivity index (χ4n) is 3.83. The van der Waals surface area contributed by atoms with Gasteiger partial charge >= 0.3 is 18.0 Å². The molecular weight excluding hydrogens is 526 g/mol. The van der Waals surface area contributed by atoms with Gasteiger partial charge in [-0.05, 0) is 50.1 Å². The Morgan fingerprint density at radius 1 is 0.951 bits per heavy atom. The lowest BCUT2D eigenvalue weighted by atomic mass is 10.1. The van der Waals surface area contributed by atoms with Crippen LogP contribution >= 0.6 is 0 Å². The first-order chi connectivity index (χ1) is 19.6. The fraction of sp³-hybridized carbons (Fsp3) is 0.400. The average Bonchev–Trinajstić information content (AvgIpc) is 2.95. The normalized spacial score (nSPS) is 11.4. The predicted molar refractivity (Wildman–Crippen MR) is 159 cm³/mol. The molecule has 0 bridgehead atoms. The highest BCUT2D eigenvalue weighted by molar-refractivity contribution is 6.01. The summed E-state index contributed by atoms with van der Waals surface area (Å²) in [5.74, 6) is -1.28. The van der Waals surface area contributed by atoms with Crippen LogP contribution in [0.25, 0.3) is 0 Å². The summed E-state index contributed by atoms with van der Waals surface area (Å²) < 4.78 is 5.46. The Bertz CT molecular complexity index is 1230. The van der Waals surface area contributed by atoms with E-state index in [9.17, 15) is 19.2 Å². The van der Waals surface area contributed by atoms with E-state index in [-0.39, 0.29) is 24.9 Å². The third-order valence-electron chi connectivity index (χ3n) is 6.47. The van der Waals surface area contributed by atoms with Gasteiger partial charge in [-0.15, -0.1) is 0 Å². The van der Waals surface area contributed by atoms with E-state index in [0.717, 1.165) is 11.1 Å². The van der Waals surface area contributed by atoms with Gasteiger partial charge in [0.25, 0.3) is 0 Å². The average molecular weight is 568 g/mol. The molecule has 0 saturated carbocycles. The summed E-state index contributed by atoms with van der Waals surface area (Å²) in [6.07, 6.45) is 3.79. The third-order valence-corrected chi connectivity index (χ3v) is 6.47. The van der Waals surface area contributed by atoms with Crippen LogP contribution in [0.1, 0.15) is 31.9 Å². The van der Waals surface area contributed by atoms with E-state index in [2.05, 4.69) is 16.0 Å². The topological polar surface area (TPSA) is 140 Å². The van der Waals surface area contributed by atoms with Gasteiger partial charge in [-0.2, -0.15) is 0 Å². The molecular formula is C30H41N5O6. The molecule has 0 saturated heterocycles. The number of methoxy groups -OCH3 is 1. The van der Waals surface area contributed by atoms with E-state index < -0.39 is 17.9 Å². The number of benzene rings is 2. The number of carboxylic acid groups (broad SMARTS) is 1. The van der Waals surface area contributed by atoms with Crippen molar-refractivity contribution in [3.63, 3.8) is 0 Å². The minimum Gasteiger partial charge on any atom is -0.495 e. The number of urea groups is 2. The lowest BCUT2D eigenvalue weighted by Gasteiger charge is -2.21. The third kappa shape index (κ3) is 10.5. The van der Waals surface area contributed by atoms with Crippen molar-refractivity contribution < 1.29 is 29.0 Å². The number of likely N-dealkylation sites (N-methyl/N-ethyl adjacent to an activating group) is 2. The summed E-state index contributed by atoms with van der Waals surface area (Å²) >= 11 is 0. The zero-order chi connectivity index (χ0) is 30.4. The second-order valence-electron chi connectivity index (χ2n) is 9.47. The molecule has 0 aromatic heterocycles. The quantitative estimate of drug-likeness (QED) is 0.250. The van der Waals surface area contributed by atoms with Gasteiger partial charge in [0.15, 0.2) is 0 Å². The molecule has 2 aromatic carbocycles. The van der Waals surface area contributed by atoms with Crippen molar-refractivity contribution in [3.05, 3.63) is 65.7 Å². The Balaban J connectivity index is 1.92. The van der Waals surface area contributed by atoms with Crippen LogP contribution in [0.4, 0.5) is 21.0 Å². The highest BCUT2D eigenvalue weighted by Crippen LogP contribution is 2.26. The zero-order valence-corrected chi connectivity index (χ0v) is 24.4. The molecule has 4 N–H and O–H groups in total. The van der Waals surface area contributed by atoms with Crippen molar-refractivity contribution >= 4 is 35.3 Å². The van der Waals surface area contributed by atoms with Crippen molar-refractivity contribution in [2.24, 2.45) is 5.92 Å². The van der Waals surface area contributed by atoms with E-state index in [1.54, 1.807) is 28.0 Å². The molecule has 0 heterocycles. The van der Waals surface area contributed by atoms with Gasteiger partial charge in [0, 0.05) is 38.4 Å². The SMILES string of the molecule is CCN(C/C=C/CN(CC)C(=O)NCC(C)C(=O)O)C(=O)Cc1ccc(NC(=O)Nc2ccccc2C)c(OC)c1. The van der Waals surface area contributed by atoms with Crippen LogP contribution in [-0.2, 0) is 16.0 Å². The number of para-hydroxylation sites is 1. The molecule has 0 fully saturated rings. The Morgan fingerprint density at radius 2 is 1.59 bits per heavy atom. The van der Waals surface area contributed by atoms with Gasteiger partial charge in [-0.1, -0.05) is 43.3 Å². The second kappa shape index (κ2) is 16.5. The van der Waals surface area contributed by atoms with E-state index in [1.165, 1.54) is 14.0 Å². The van der Waals surface area contributed by atoms with Gasteiger partial charge in [0.2, 0.25) is 5.91 Å². The number of nitrogens with zero attached hydrogens (tertiary/aromatic N) is 2. The van der Waals surface area contributed by atoms with Crippen LogP contribution < -0.4 is 20.7 Å². The molecule has 0 radical (unpaired) electrons. The molecule has 222 valence electrons. The van der Waals surface area contributed by atoms with E-state index in [4.69, 9.17) is 9.84 Å². The van der Waals surface area contributed by atoms with Crippen LogP contribution in [0.2, 0.25) is 0 Å². The molecule has 1 unspecified atom stereocenters. The molecule has 0 aliphatic carbocycles. The zero-order valence-electron chi connectivity index (χ0n) is 24.4. The Kier molecular flexibility index (Phi) is 13.2. The van der Waals surface area contributed by atoms with E-state index in [0.29, 0.717) is 43.3 Å². The van der Waals surface area contributed by atoms with Crippen LogP contribution in [-0.4, -0.2) is 78.7 Å². The molecule has 41 heavy (non-hydrogen) atoms. The number of amides is 5. The molecule has 1 atom stereocenters. The van der Waals surface area contributed by atoms with Gasteiger partial charge < -0.3 is 35.6 Å². The highest BCUT2D eigenvalue weighted by Gasteiger charge is 2.16. The van der Waals surface area contributed by atoms with E-state index in [1.807, 2.05) is 57.2 Å². The number of ether oxygens (including phenoxy) is 1. The van der Waals surface area contributed by atoms with Crippen LogP contribution in [0.5, 0.6) is 5.75 Å². The summed E-state index contributed by atoms with van der Waals surface area (Å²) in [5, 5.41) is 17.2. The Hall–Kier alpha value is -4.54. The van der Waals surface area contributed by atoms with Crippen molar-refractivity contribution in [2.75, 3.05) is 50.5 Å². The molecule has 5 amide bonds. The number of anilines is 2. The van der Waals surface area contributed by atoms with Crippen molar-refractivity contribution in [1.82, 2.24) is 15.1 Å². The summed E-state index contributed by atoms with van der Waals surface area (Å²) in [5.41, 5.74) is 2.86. The standard InChI is InChI=1S/C30H41N5O6/c1-6-34(16-10-11-17-35(7-2)30(40)31-20-22(4)28(37)38)27(36)19-23-14-15-25(26(18-23)41-5)33-29(39)32-24-13-9-8-12-21(24)3/h8-15,18,22H,6-7,16-17,19-20H2,1-5H3,(H,31,40)(H,37,38)(H2,32,33,39)/b11-10+. The van der Waals surface area contributed by atoms with Gasteiger partial charge in [0.1, 0.15) is 5.75 Å². The maximum absolute atomic E-state index is 13.0. The molecule has 2 aromatic rings. The highest BCUT2D eigenvalue weighted by atomic mass is 16.5. The molecule has 2 rings (SSSR count). The largest absolute Gasteiger partial charge is 0.495 e. The Labute approximate surface area is 241 Å². The number of hydrogen-bond acceptors (Lipinski definition) is 5. The summed E-state index contributed by atoms with van der Waals surface area (Å²) in [4.78, 5) is 52.0. The monoisotopic (exact) mass is 567 g/mol. The number of carboxylic acids is 1. The van der Waals surface area contributed by atoms with Crippen molar-refractivity contribution in [3.8, 4) is 5.75 Å². The predicted octanol–water partition coefficient (Wildman–Crippen LogP) is 4.35. The summed E-state index contributed by atoms with van der Waals surface area (Å²) in [6.45, 7) is 8.88. The first-order valence-electron chi connectivity index (χ1n) is 13.6. The van der Waals surface area contributed by atoms with Crippen LogP contribution in [0.15, 0.2) is 54.6 Å². The lowest BCUT2D eigenvalue weighted by molar-refractivity contribution is -0.140. The molecule has 0 spiro atoms. The maximum atomic E-state index is 13.0. The molecule has 11 heteroatoms. The van der Waals surface area contributed by atoms with Gasteiger partial charge in [-0.25, -0.2) is 9.59 Å². The van der Waals surface area contributed by atoms with Gasteiger partial charge in [0.05, 0.1) is 25.1 Å². The maximum Gasteiger partial charge on any atom is 0.323 e. The first-order valence-corrected chi connectivity index (χ1v) is 13.6. The fourth-order valence-corrected chi connectivity index (χ4v) is 3.83. The second-order valence-corrected chi connectivity index (χ2v) is 9.47. The molecule has 0 aliphatic heterocycles. The van der Waals surface area contributed by atoms with Gasteiger partial charge in [-0.3, -0.25) is 9.59 Å². The van der Waals surface area contributed by atoms with Crippen molar-refractivity contribution in [2.45, 2.75) is 34.1 Å². The van der Waals surface area contributed by atoms with Crippen LogP contribution in [0.3, 0.4) is 0 Å². The number of aryl methyl sites for hydroxylation is 1. The number of rotatable bonds is 14. The number of aliphatic carboxylic acids is 1. The first kappa shape index (κ1) is 32.7. The number of nitrogens with one attached hydrogen (secondary N) is 3.